The van der Waals surface area contributed by atoms with Gasteiger partial charge in [-0.1, -0.05) is 17.7 Å². The number of sulfonamides is 1. The molecule has 0 atom stereocenters. The number of hydroxylamine groups is 1. The van der Waals surface area contributed by atoms with E-state index in [4.69, 9.17) is 15.7 Å². The van der Waals surface area contributed by atoms with Crippen molar-refractivity contribution in [1.29, 1.82) is 0 Å². The Morgan fingerprint density at radius 3 is 2.75 bits per heavy atom. The number of anilines is 3. The summed E-state index contributed by atoms with van der Waals surface area (Å²) in [6.07, 6.45) is 4.33. The lowest BCUT2D eigenvalue weighted by molar-refractivity contribution is 0.0538. The lowest BCUT2D eigenvalue weighted by atomic mass is 10.1. The minimum absolute atomic E-state index is 0.0483. The van der Waals surface area contributed by atoms with E-state index < -0.39 is 23.0 Å². The molecule has 1 fully saturated rings. The van der Waals surface area contributed by atoms with Crippen molar-refractivity contribution in [3.63, 3.8) is 0 Å². The van der Waals surface area contributed by atoms with Gasteiger partial charge in [0.25, 0.3) is 5.91 Å². The molecule has 0 unspecified atom stereocenters. The van der Waals surface area contributed by atoms with E-state index in [1.807, 2.05) is 11.5 Å². The topological polar surface area (TPSA) is 101 Å². The molecule has 150 valence electrons. The van der Waals surface area contributed by atoms with Crippen LogP contribution in [0.15, 0.2) is 30.5 Å². The van der Waals surface area contributed by atoms with Gasteiger partial charge in [0.15, 0.2) is 0 Å². The van der Waals surface area contributed by atoms with Gasteiger partial charge in [0, 0.05) is 13.2 Å². The zero-order valence-corrected chi connectivity index (χ0v) is 16.8. The minimum atomic E-state index is -3.56. The van der Waals surface area contributed by atoms with Gasteiger partial charge in [-0.25, -0.2) is 18.9 Å². The summed E-state index contributed by atoms with van der Waals surface area (Å²) < 4.78 is 46.6. The molecule has 1 aromatic carbocycles. The maximum Gasteiger partial charge on any atom is 0.278 e. The monoisotopic (exact) mass is 427 g/mol. The van der Waals surface area contributed by atoms with E-state index in [-0.39, 0.29) is 16.4 Å². The average molecular weight is 428 g/mol. The van der Waals surface area contributed by atoms with Crippen molar-refractivity contribution < 1.29 is 22.2 Å². The maximum absolute atomic E-state index is 12.4. The zero-order chi connectivity index (χ0) is 23.0. The molecule has 2 aromatic rings. The van der Waals surface area contributed by atoms with E-state index in [9.17, 15) is 13.2 Å². The van der Waals surface area contributed by atoms with E-state index in [0.29, 0.717) is 17.3 Å². The van der Waals surface area contributed by atoms with Crippen molar-refractivity contribution in [2.75, 3.05) is 30.0 Å². The maximum atomic E-state index is 12.4. The number of nitrogens with zero attached hydrogens (tertiary/aromatic N) is 2. The van der Waals surface area contributed by atoms with Crippen molar-refractivity contribution in [2.45, 2.75) is 18.8 Å². The summed E-state index contributed by atoms with van der Waals surface area (Å²) in [5.74, 6) is -0.468. The van der Waals surface area contributed by atoms with Crippen LogP contribution in [0.5, 0.6) is 0 Å². The third-order valence-electron chi connectivity index (χ3n) is 4.44. The van der Waals surface area contributed by atoms with Crippen LogP contribution in [0.4, 0.5) is 17.1 Å². The second-order valence-electron chi connectivity index (χ2n) is 6.49. The summed E-state index contributed by atoms with van der Waals surface area (Å²) in [6, 6.07) is 6.77. The number of pyridine rings is 1. The molecule has 0 aliphatic heterocycles. The molecule has 0 radical (unpaired) electrons. The Balaban J connectivity index is 1.98. The van der Waals surface area contributed by atoms with E-state index in [1.54, 1.807) is 12.1 Å². The Morgan fingerprint density at radius 1 is 1.36 bits per heavy atom. The van der Waals surface area contributed by atoms with Gasteiger partial charge >= 0.3 is 0 Å². The van der Waals surface area contributed by atoms with Gasteiger partial charge in [-0.05, 0) is 42.5 Å². The van der Waals surface area contributed by atoms with Crippen molar-refractivity contribution in [1.82, 2.24) is 10.5 Å². The van der Waals surface area contributed by atoms with Gasteiger partial charge in [-0.15, -0.1) is 0 Å². The Morgan fingerprint density at radius 2 is 2.11 bits per heavy atom. The highest BCUT2D eigenvalue weighted by atomic mass is 35.5. The van der Waals surface area contributed by atoms with E-state index in [1.165, 1.54) is 13.1 Å². The quantitative estimate of drug-likeness (QED) is 0.520. The molecule has 8 nitrogen and oxygen atoms in total. The first-order chi connectivity index (χ1) is 14.3. The van der Waals surface area contributed by atoms with E-state index in [0.717, 1.165) is 35.2 Å². The summed E-state index contributed by atoms with van der Waals surface area (Å²) in [4.78, 5) is 20.6. The fraction of sp³-hybridized carbons (Fsp3) is 0.333. The summed E-state index contributed by atoms with van der Waals surface area (Å²) in [6.45, 7) is 0. The smallest absolute Gasteiger partial charge is 0.278 e. The molecule has 28 heavy (non-hydrogen) atoms. The Bertz CT molecular complexity index is 1110. The number of hydrogen-bond acceptors (Lipinski definition) is 6. The molecule has 0 saturated heterocycles. The average Bonchev–Trinajstić information content (AvgIpc) is 3.50. The number of carbonyl (C=O) groups excluding carboxylic acids is 1. The second-order valence-corrected chi connectivity index (χ2v) is 8.89. The number of carbonyl (C=O) groups is 1. The minimum Gasteiger partial charge on any atom is -0.353 e. The number of nitrogens with one attached hydrogen (secondary N) is 2. The molecule has 3 rings (SSSR count). The highest BCUT2D eigenvalue weighted by Crippen LogP contribution is 2.43. The zero-order valence-electron chi connectivity index (χ0n) is 18.2. The number of rotatable bonds is 7. The highest BCUT2D eigenvalue weighted by molar-refractivity contribution is 7.92. The van der Waals surface area contributed by atoms with Crippen molar-refractivity contribution >= 4 is 44.6 Å². The first kappa shape index (κ1) is 16.6. The Hall–Kier alpha value is -2.36. The van der Waals surface area contributed by atoms with Gasteiger partial charge in [-0.3, -0.25) is 13.9 Å². The molecule has 1 heterocycles. The third kappa shape index (κ3) is 4.54. The fourth-order valence-electron chi connectivity index (χ4n) is 2.72. The molecule has 0 bridgehead atoms. The SMILES string of the molecule is [2H]C([2H])([2H])ONC(=O)c1cnc(Cl)cc1Nc1ccc(C2CC2)cc1N(C)S(C)(=O)=O. The molecule has 1 aromatic heterocycles. The van der Waals surface area contributed by atoms with Gasteiger partial charge < -0.3 is 5.32 Å². The van der Waals surface area contributed by atoms with Crippen LogP contribution in [0.25, 0.3) is 0 Å². The van der Waals surface area contributed by atoms with Crippen LogP contribution in [0.2, 0.25) is 5.15 Å². The molecule has 1 aliphatic rings. The van der Waals surface area contributed by atoms with Crippen LogP contribution >= 0.6 is 11.6 Å². The number of amides is 1. The van der Waals surface area contributed by atoms with Crippen LogP contribution in [0.3, 0.4) is 0 Å². The fourth-order valence-corrected chi connectivity index (χ4v) is 3.39. The number of hydrogen-bond donors (Lipinski definition) is 2. The van der Waals surface area contributed by atoms with Crippen molar-refractivity contribution in [3.05, 3.63) is 46.7 Å². The van der Waals surface area contributed by atoms with Gasteiger partial charge in [0.05, 0.1) is 40.0 Å². The van der Waals surface area contributed by atoms with E-state index >= 15 is 0 Å². The molecule has 1 saturated carbocycles. The molecule has 1 aliphatic carbocycles. The van der Waals surface area contributed by atoms with Crippen molar-refractivity contribution in [2.24, 2.45) is 0 Å². The normalized spacial score (nSPS) is 15.9. The number of aromatic nitrogens is 1. The molecule has 1 amide bonds. The Labute approximate surface area is 173 Å². The summed E-state index contributed by atoms with van der Waals surface area (Å²) in [5.41, 5.74) is 3.81. The summed E-state index contributed by atoms with van der Waals surface area (Å²) >= 11 is 5.98. The lowest BCUT2D eigenvalue weighted by Crippen LogP contribution is -2.26. The second kappa shape index (κ2) is 7.94. The molecular formula is C18H21ClN4O4S. The number of benzene rings is 1. The number of halogens is 1. The molecular weight excluding hydrogens is 404 g/mol. The van der Waals surface area contributed by atoms with E-state index in [2.05, 4.69) is 15.1 Å². The molecule has 10 heteroatoms. The van der Waals surface area contributed by atoms with Crippen LogP contribution in [-0.2, 0) is 14.9 Å². The first-order valence-corrected chi connectivity index (χ1v) is 10.6. The largest absolute Gasteiger partial charge is 0.353 e. The third-order valence-corrected chi connectivity index (χ3v) is 5.83. The standard InChI is InChI=1S/C18H21ClN4O4S/c1-23(28(3,25)26)16-8-12(11-4-5-11)6-7-14(16)21-15-9-17(19)20-10-13(15)18(24)22-27-2/h6-11H,4-5H2,1-3H3,(H,20,21)(H,22,24)/i2D3. The predicted octanol–water partition coefficient (Wildman–Crippen LogP) is 3.04. The van der Waals surface area contributed by atoms with Crippen LogP contribution in [0, 0.1) is 0 Å². The van der Waals surface area contributed by atoms with Crippen LogP contribution in [0.1, 0.15) is 38.8 Å². The van der Waals surface area contributed by atoms with Crippen LogP contribution < -0.4 is 15.1 Å². The molecule has 2 N–H and O–H groups in total. The van der Waals surface area contributed by atoms with Crippen molar-refractivity contribution in [3.8, 4) is 0 Å². The van der Waals surface area contributed by atoms with Crippen LogP contribution in [-0.4, -0.2) is 39.7 Å². The highest BCUT2D eigenvalue weighted by Gasteiger charge is 2.26. The lowest BCUT2D eigenvalue weighted by Gasteiger charge is -2.22. The predicted molar refractivity (Wildman–Crippen MR) is 109 cm³/mol. The first-order valence-electron chi connectivity index (χ1n) is 9.84. The van der Waals surface area contributed by atoms with Gasteiger partial charge in [0.1, 0.15) is 5.15 Å². The van der Waals surface area contributed by atoms with Gasteiger partial charge in [0.2, 0.25) is 10.0 Å². The molecule has 0 spiro atoms. The Kier molecular flexibility index (Phi) is 4.70. The summed E-state index contributed by atoms with van der Waals surface area (Å²) in [5, 5.41) is 3.08. The summed E-state index contributed by atoms with van der Waals surface area (Å²) in [7, 11) is -4.95. The van der Waals surface area contributed by atoms with Gasteiger partial charge in [-0.2, -0.15) is 0 Å².